The third kappa shape index (κ3) is 8.06. The van der Waals surface area contributed by atoms with Crippen molar-refractivity contribution >= 4 is 29.1 Å². The Morgan fingerprint density at radius 3 is 2.17 bits per heavy atom. The largest absolute Gasteiger partial charge is 0.491 e. The van der Waals surface area contributed by atoms with Crippen molar-refractivity contribution in [1.82, 2.24) is 16.2 Å². The van der Waals surface area contributed by atoms with E-state index in [-0.39, 0.29) is 11.7 Å². The summed E-state index contributed by atoms with van der Waals surface area (Å²) in [7, 11) is 1.59. The molecule has 2 amide bonds. The van der Waals surface area contributed by atoms with E-state index < -0.39 is 11.8 Å². The molecule has 0 aliphatic heterocycles. The maximum atomic E-state index is 12.2. The molecule has 0 atom stereocenters. The molecule has 9 heteroatoms. The van der Waals surface area contributed by atoms with Crippen LogP contribution in [0, 0.1) is 0 Å². The molecule has 0 aliphatic rings. The lowest BCUT2D eigenvalue weighted by Gasteiger charge is -2.12. The highest BCUT2D eigenvalue weighted by Gasteiger charge is 2.09. The number of methoxy groups -OCH3 is 1. The maximum absolute atomic E-state index is 12.2. The van der Waals surface area contributed by atoms with Crippen LogP contribution in [0.3, 0.4) is 0 Å². The fraction of sp³-hybridized carbons (Fsp3) is 0.286. The van der Waals surface area contributed by atoms with Crippen molar-refractivity contribution in [2.24, 2.45) is 0 Å². The van der Waals surface area contributed by atoms with Gasteiger partial charge in [-0.15, -0.1) is 0 Å². The first-order valence-corrected chi connectivity index (χ1v) is 9.76. The first kappa shape index (κ1) is 23.1. The number of thiocarbonyl (C=S) groups is 1. The van der Waals surface area contributed by atoms with E-state index in [0.29, 0.717) is 30.3 Å². The molecule has 0 aliphatic carbocycles. The van der Waals surface area contributed by atoms with Crippen molar-refractivity contribution in [1.29, 1.82) is 0 Å². The molecule has 0 fully saturated rings. The van der Waals surface area contributed by atoms with Crippen molar-refractivity contribution in [3.8, 4) is 11.5 Å². The van der Waals surface area contributed by atoms with Crippen LogP contribution in [0.1, 0.15) is 22.8 Å². The zero-order valence-corrected chi connectivity index (χ0v) is 17.7. The van der Waals surface area contributed by atoms with E-state index >= 15 is 0 Å². The van der Waals surface area contributed by atoms with Gasteiger partial charge in [-0.25, -0.2) is 0 Å². The lowest BCUT2D eigenvalue weighted by molar-refractivity contribution is -0.123. The van der Waals surface area contributed by atoms with Gasteiger partial charge in [-0.1, -0.05) is 19.1 Å². The molecule has 0 heterocycles. The van der Waals surface area contributed by atoms with E-state index in [1.165, 1.54) is 5.56 Å². The summed E-state index contributed by atoms with van der Waals surface area (Å²) in [6.07, 6.45) is 0.931. The molecule has 0 spiro atoms. The zero-order chi connectivity index (χ0) is 21.8. The Hall–Kier alpha value is -3.17. The van der Waals surface area contributed by atoms with Crippen molar-refractivity contribution in [2.75, 3.05) is 26.9 Å². The molecule has 0 saturated heterocycles. The molecule has 0 bridgehead atoms. The fourth-order valence-corrected chi connectivity index (χ4v) is 2.43. The first-order valence-electron chi connectivity index (χ1n) is 9.35. The summed E-state index contributed by atoms with van der Waals surface area (Å²) in [5.74, 6) is 0.356. The number of benzene rings is 2. The second-order valence-corrected chi connectivity index (χ2v) is 6.52. The Bertz CT molecular complexity index is 841. The lowest BCUT2D eigenvalue weighted by Crippen LogP contribution is -2.49. The summed E-state index contributed by atoms with van der Waals surface area (Å²) in [6.45, 7) is 2.76. The number of ether oxygens (including phenoxy) is 3. The molecule has 0 radical (unpaired) electrons. The molecule has 2 aromatic rings. The van der Waals surface area contributed by atoms with Crippen molar-refractivity contribution in [3.05, 3.63) is 59.7 Å². The normalized spacial score (nSPS) is 10.1. The van der Waals surface area contributed by atoms with Gasteiger partial charge in [0, 0.05) is 12.7 Å². The van der Waals surface area contributed by atoms with E-state index in [4.69, 9.17) is 26.4 Å². The number of rotatable bonds is 9. The third-order valence-corrected chi connectivity index (χ3v) is 4.12. The van der Waals surface area contributed by atoms with Gasteiger partial charge in [0.1, 0.15) is 18.1 Å². The van der Waals surface area contributed by atoms with Crippen LogP contribution >= 0.6 is 12.2 Å². The highest BCUT2D eigenvalue weighted by molar-refractivity contribution is 7.80. The van der Waals surface area contributed by atoms with Gasteiger partial charge in [0.15, 0.2) is 11.7 Å². The van der Waals surface area contributed by atoms with E-state index in [1.807, 2.05) is 12.1 Å². The second kappa shape index (κ2) is 12.4. The molecule has 30 heavy (non-hydrogen) atoms. The Morgan fingerprint density at radius 1 is 0.900 bits per heavy atom. The van der Waals surface area contributed by atoms with E-state index in [0.717, 1.165) is 6.42 Å². The summed E-state index contributed by atoms with van der Waals surface area (Å²) >= 11 is 5.01. The minimum atomic E-state index is -0.441. The van der Waals surface area contributed by atoms with Crippen molar-refractivity contribution < 1.29 is 23.8 Å². The van der Waals surface area contributed by atoms with E-state index in [2.05, 4.69) is 23.1 Å². The van der Waals surface area contributed by atoms with Gasteiger partial charge in [-0.05, 0) is 60.6 Å². The predicted molar refractivity (Wildman–Crippen MR) is 116 cm³/mol. The average molecular weight is 432 g/mol. The summed E-state index contributed by atoms with van der Waals surface area (Å²) in [5.41, 5.74) is 6.41. The van der Waals surface area contributed by atoms with Crippen LogP contribution in [0.15, 0.2) is 48.5 Å². The minimum absolute atomic E-state index is 0.0407. The maximum Gasteiger partial charge on any atom is 0.276 e. The van der Waals surface area contributed by atoms with Crippen LogP contribution in [-0.4, -0.2) is 43.9 Å². The Balaban J connectivity index is 1.70. The van der Waals surface area contributed by atoms with Gasteiger partial charge < -0.3 is 14.2 Å². The van der Waals surface area contributed by atoms with Gasteiger partial charge in [0.2, 0.25) is 0 Å². The monoisotopic (exact) mass is 431 g/mol. The standard InChI is InChI=1S/C21H25N3O5S/c1-3-15-4-8-18(9-5-15)29-14-19(25)23-24-21(30)22-20(26)16-6-10-17(11-7-16)28-13-12-27-2/h4-11H,3,12-14H2,1-2H3,(H,23,25)(H2,22,24,26,30). The van der Waals surface area contributed by atoms with Gasteiger partial charge in [0.25, 0.3) is 11.8 Å². The van der Waals surface area contributed by atoms with Crippen LogP contribution < -0.4 is 25.6 Å². The van der Waals surface area contributed by atoms with Crippen molar-refractivity contribution in [2.45, 2.75) is 13.3 Å². The summed E-state index contributed by atoms with van der Waals surface area (Å²) in [4.78, 5) is 24.0. The SMILES string of the molecule is CCc1ccc(OCC(=O)NNC(=S)NC(=O)c2ccc(OCCOC)cc2)cc1. The highest BCUT2D eigenvalue weighted by Crippen LogP contribution is 2.13. The number of carbonyl (C=O) groups is 2. The van der Waals surface area contributed by atoms with Gasteiger partial charge in [0.05, 0.1) is 6.61 Å². The fourth-order valence-electron chi connectivity index (χ4n) is 2.28. The predicted octanol–water partition coefficient (Wildman–Crippen LogP) is 1.99. The highest BCUT2D eigenvalue weighted by atomic mass is 32.1. The first-order chi connectivity index (χ1) is 14.5. The second-order valence-electron chi connectivity index (χ2n) is 6.11. The molecule has 0 saturated carbocycles. The Morgan fingerprint density at radius 2 is 1.53 bits per heavy atom. The van der Waals surface area contributed by atoms with Crippen LogP contribution in [0.2, 0.25) is 0 Å². The summed E-state index contributed by atoms with van der Waals surface area (Å²) < 4.78 is 15.7. The lowest BCUT2D eigenvalue weighted by atomic mass is 10.2. The summed E-state index contributed by atoms with van der Waals surface area (Å²) in [6, 6.07) is 14.0. The number of hydrogen-bond donors (Lipinski definition) is 3. The summed E-state index contributed by atoms with van der Waals surface area (Å²) in [5, 5.41) is 2.43. The average Bonchev–Trinajstić information content (AvgIpc) is 2.77. The molecule has 2 aromatic carbocycles. The third-order valence-electron chi connectivity index (χ3n) is 3.92. The molecule has 0 aromatic heterocycles. The molecular weight excluding hydrogens is 406 g/mol. The molecule has 0 unspecified atom stereocenters. The Kier molecular flexibility index (Phi) is 9.56. The molecule has 8 nitrogen and oxygen atoms in total. The van der Waals surface area contributed by atoms with Crippen LogP contribution in [0.25, 0.3) is 0 Å². The quantitative estimate of drug-likeness (QED) is 0.317. The van der Waals surface area contributed by atoms with E-state index in [9.17, 15) is 9.59 Å². The number of amides is 2. The van der Waals surface area contributed by atoms with Crippen LogP contribution in [-0.2, 0) is 16.0 Å². The molecule has 160 valence electrons. The Labute approximate surface area is 180 Å². The number of hydrogen-bond acceptors (Lipinski definition) is 6. The number of hydrazine groups is 1. The molecule has 2 rings (SSSR count). The topological polar surface area (TPSA) is 97.9 Å². The smallest absolute Gasteiger partial charge is 0.276 e. The van der Waals surface area contributed by atoms with Gasteiger partial charge in [-0.3, -0.25) is 25.8 Å². The van der Waals surface area contributed by atoms with Crippen LogP contribution in [0.4, 0.5) is 0 Å². The number of nitrogens with one attached hydrogen (secondary N) is 3. The zero-order valence-electron chi connectivity index (χ0n) is 16.9. The van der Waals surface area contributed by atoms with Crippen molar-refractivity contribution in [3.63, 3.8) is 0 Å². The van der Waals surface area contributed by atoms with Gasteiger partial charge in [-0.2, -0.15) is 0 Å². The number of aryl methyl sites for hydroxylation is 1. The minimum Gasteiger partial charge on any atom is -0.491 e. The molecular formula is C21H25N3O5S. The van der Waals surface area contributed by atoms with E-state index in [1.54, 1.807) is 43.5 Å². The number of carbonyl (C=O) groups excluding carboxylic acids is 2. The van der Waals surface area contributed by atoms with Gasteiger partial charge >= 0.3 is 0 Å². The molecule has 3 N–H and O–H groups in total. The van der Waals surface area contributed by atoms with Crippen LogP contribution in [0.5, 0.6) is 11.5 Å².